The van der Waals surface area contributed by atoms with Crippen LogP contribution < -0.4 is 9.47 Å². The lowest BCUT2D eigenvalue weighted by Gasteiger charge is -2.29. The Morgan fingerprint density at radius 1 is 1.12 bits per heavy atom. The second-order valence-electron chi connectivity index (χ2n) is 6.58. The van der Waals surface area contributed by atoms with Crippen molar-refractivity contribution in [1.82, 2.24) is 4.90 Å². The molecule has 0 saturated carbocycles. The summed E-state index contributed by atoms with van der Waals surface area (Å²) >= 11 is 0. The average Bonchev–Trinajstić information content (AvgIpc) is 2.62. The molecule has 0 aliphatic heterocycles. The van der Waals surface area contributed by atoms with Crippen molar-refractivity contribution in [1.29, 1.82) is 0 Å². The number of methoxy groups -OCH3 is 2. The van der Waals surface area contributed by atoms with E-state index in [0.717, 1.165) is 37.1 Å². The summed E-state index contributed by atoms with van der Waals surface area (Å²) in [6, 6.07) is 6.14. The lowest BCUT2D eigenvalue weighted by atomic mass is 10.1. The summed E-state index contributed by atoms with van der Waals surface area (Å²) in [6.07, 6.45) is 6.76. The van der Waals surface area contributed by atoms with E-state index < -0.39 is 0 Å². The molecule has 0 N–H and O–H groups in total. The smallest absolute Gasteiger partial charge is 0.223 e. The van der Waals surface area contributed by atoms with Gasteiger partial charge in [-0.1, -0.05) is 45.2 Å². The lowest BCUT2D eigenvalue weighted by molar-refractivity contribution is -0.133. The summed E-state index contributed by atoms with van der Waals surface area (Å²) < 4.78 is 10.8. The molecule has 0 aliphatic rings. The molecule has 0 spiro atoms. The molecule has 1 aromatic rings. The van der Waals surface area contributed by atoms with E-state index in [4.69, 9.17) is 9.47 Å². The van der Waals surface area contributed by atoms with Crippen LogP contribution in [0.4, 0.5) is 0 Å². The molecule has 1 rings (SSSR count). The maximum absolute atomic E-state index is 12.8. The number of hydrogen-bond donors (Lipinski definition) is 0. The summed E-state index contributed by atoms with van der Waals surface area (Å²) in [6.45, 7) is 7.39. The molecule has 0 aromatic heterocycles. The van der Waals surface area contributed by atoms with Crippen molar-refractivity contribution >= 4 is 5.91 Å². The number of rotatable bonds is 12. The third-order valence-electron chi connectivity index (χ3n) is 4.65. The monoisotopic (exact) mass is 349 g/mol. The van der Waals surface area contributed by atoms with Crippen molar-refractivity contribution in [3.05, 3.63) is 23.8 Å². The molecule has 25 heavy (non-hydrogen) atoms. The fraction of sp³-hybridized carbons (Fsp3) is 0.667. The first-order valence-electron chi connectivity index (χ1n) is 9.58. The maximum Gasteiger partial charge on any atom is 0.223 e. The van der Waals surface area contributed by atoms with Crippen LogP contribution in [-0.4, -0.2) is 37.6 Å². The summed E-state index contributed by atoms with van der Waals surface area (Å²) in [5, 5.41) is 0. The highest BCUT2D eigenvalue weighted by Gasteiger charge is 2.20. The van der Waals surface area contributed by atoms with Crippen molar-refractivity contribution in [2.45, 2.75) is 71.8 Å². The molecule has 0 radical (unpaired) electrons. The Kier molecular flexibility index (Phi) is 10.0. The number of benzene rings is 1. The first kappa shape index (κ1) is 21.3. The third-order valence-corrected chi connectivity index (χ3v) is 4.65. The van der Waals surface area contributed by atoms with Gasteiger partial charge in [0.05, 0.1) is 14.2 Å². The molecule has 4 nitrogen and oxygen atoms in total. The van der Waals surface area contributed by atoms with Crippen molar-refractivity contribution in [3.8, 4) is 11.5 Å². The minimum absolute atomic E-state index is 0.238. The van der Waals surface area contributed by atoms with Crippen LogP contribution >= 0.6 is 0 Å². The second kappa shape index (κ2) is 11.8. The van der Waals surface area contributed by atoms with Crippen LogP contribution in [0.5, 0.6) is 11.5 Å². The van der Waals surface area contributed by atoms with E-state index in [1.165, 1.54) is 12.8 Å². The predicted molar refractivity (Wildman–Crippen MR) is 103 cm³/mol. The second-order valence-corrected chi connectivity index (χ2v) is 6.58. The Bertz CT molecular complexity index is 516. The number of carbonyl (C=O) groups excluding carboxylic acids is 1. The highest BCUT2D eigenvalue weighted by molar-refractivity contribution is 5.77. The third kappa shape index (κ3) is 6.60. The normalized spacial score (nSPS) is 11.9. The Morgan fingerprint density at radius 2 is 1.88 bits per heavy atom. The summed E-state index contributed by atoms with van der Waals surface area (Å²) in [5.74, 6) is 1.69. The first-order valence-corrected chi connectivity index (χ1v) is 9.58. The Hall–Kier alpha value is -1.71. The Morgan fingerprint density at radius 3 is 2.48 bits per heavy atom. The van der Waals surface area contributed by atoms with Gasteiger partial charge in [0.25, 0.3) is 0 Å². The lowest BCUT2D eigenvalue weighted by Crippen LogP contribution is -2.39. The van der Waals surface area contributed by atoms with Gasteiger partial charge in [0, 0.05) is 19.0 Å². The molecule has 0 heterocycles. The highest BCUT2D eigenvalue weighted by atomic mass is 16.5. The van der Waals surface area contributed by atoms with Gasteiger partial charge in [-0.25, -0.2) is 0 Å². The SMILES string of the molecule is CCCCCN(C(=O)CCc1cccc(OC)c1OC)C(C)CCC. The molecule has 142 valence electrons. The van der Waals surface area contributed by atoms with Crippen molar-refractivity contribution < 1.29 is 14.3 Å². The summed E-state index contributed by atoms with van der Waals surface area (Å²) in [7, 11) is 3.28. The molecule has 1 aromatic carbocycles. The summed E-state index contributed by atoms with van der Waals surface area (Å²) in [4.78, 5) is 14.9. The molecular formula is C21H35NO3. The van der Waals surface area contributed by atoms with E-state index in [1.807, 2.05) is 18.2 Å². The molecule has 1 unspecified atom stereocenters. The van der Waals surface area contributed by atoms with Gasteiger partial charge >= 0.3 is 0 Å². The Labute approximate surface area is 153 Å². The van der Waals surface area contributed by atoms with Gasteiger partial charge in [0.1, 0.15) is 0 Å². The Balaban J connectivity index is 2.76. The van der Waals surface area contributed by atoms with E-state index in [-0.39, 0.29) is 5.91 Å². The topological polar surface area (TPSA) is 38.8 Å². The zero-order chi connectivity index (χ0) is 18.7. The van der Waals surface area contributed by atoms with Gasteiger partial charge in [-0.05, 0) is 37.8 Å². The van der Waals surface area contributed by atoms with Crippen LogP contribution in [0.2, 0.25) is 0 Å². The molecule has 1 atom stereocenters. The molecule has 0 bridgehead atoms. The number of para-hydroxylation sites is 1. The quantitative estimate of drug-likeness (QED) is 0.507. The van der Waals surface area contributed by atoms with Crippen LogP contribution in [0.15, 0.2) is 18.2 Å². The first-order chi connectivity index (χ1) is 12.1. The fourth-order valence-electron chi connectivity index (χ4n) is 3.23. The van der Waals surface area contributed by atoms with Gasteiger partial charge in [-0.2, -0.15) is 0 Å². The molecule has 4 heteroatoms. The van der Waals surface area contributed by atoms with Gasteiger partial charge in [0.2, 0.25) is 5.91 Å². The molecule has 0 aliphatic carbocycles. The average molecular weight is 350 g/mol. The van der Waals surface area contributed by atoms with E-state index in [0.29, 0.717) is 24.6 Å². The van der Waals surface area contributed by atoms with Gasteiger partial charge in [0.15, 0.2) is 11.5 Å². The van der Waals surface area contributed by atoms with Crippen LogP contribution in [0, 0.1) is 0 Å². The van der Waals surface area contributed by atoms with Crippen molar-refractivity contribution in [3.63, 3.8) is 0 Å². The van der Waals surface area contributed by atoms with Crippen LogP contribution in [-0.2, 0) is 11.2 Å². The number of amides is 1. The minimum atomic E-state index is 0.238. The number of hydrogen-bond acceptors (Lipinski definition) is 3. The predicted octanol–water partition coefficient (Wildman–Crippen LogP) is 4.84. The standard InChI is InChI=1S/C21H35NO3/c1-6-8-9-16-22(17(3)11-7-2)20(23)15-14-18-12-10-13-19(24-4)21(18)25-5/h10,12-13,17H,6-9,11,14-16H2,1-5H3. The minimum Gasteiger partial charge on any atom is -0.493 e. The van der Waals surface area contributed by atoms with Gasteiger partial charge in [-0.3, -0.25) is 4.79 Å². The number of nitrogens with zero attached hydrogens (tertiary/aromatic N) is 1. The van der Waals surface area contributed by atoms with Crippen LogP contribution in [0.25, 0.3) is 0 Å². The van der Waals surface area contributed by atoms with Gasteiger partial charge < -0.3 is 14.4 Å². The van der Waals surface area contributed by atoms with Crippen LogP contribution in [0.3, 0.4) is 0 Å². The zero-order valence-electron chi connectivity index (χ0n) is 16.6. The zero-order valence-corrected chi connectivity index (χ0v) is 16.6. The van der Waals surface area contributed by atoms with E-state index >= 15 is 0 Å². The largest absolute Gasteiger partial charge is 0.493 e. The number of unbranched alkanes of at least 4 members (excludes halogenated alkanes) is 2. The molecule has 0 saturated heterocycles. The van der Waals surface area contributed by atoms with E-state index in [2.05, 4.69) is 25.7 Å². The number of ether oxygens (including phenoxy) is 2. The molecular weight excluding hydrogens is 314 g/mol. The van der Waals surface area contributed by atoms with Crippen molar-refractivity contribution in [2.24, 2.45) is 0 Å². The van der Waals surface area contributed by atoms with Gasteiger partial charge in [-0.15, -0.1) is 0 Å². The number of carbonyl (C=O) groups is 1. The number of aryl methyl sites for hydroxylation is 1. The van der Waals surface area contributed by atoms with E-state index in [1.54, 1.807) is 14.2 Å². The fourth-order valence-corrected chi connectivity index (χ4v) is 3.23. The van der Waals surface area contributed by atoms with E-state index in [9.17, 15) is 4.79 Å². The maximum atomic E-state index is 12.8. The highest BCUT2D eigenvalue weighted by Crippen LogP contribution is 2.31. The molecule has 1 amide bonds. The summed E-state index contributed by atoms with van der Waals surface area (Å²) in [5.41, 5.74) is 1.02. The van der Waals surface area contributed by atoms with Crippen molar-refractivity contribution in [2.75, 3.05) is 20.8 Å². The van der Waals surface area contributed by atoms with Crippen LogP contribution in [0.1, 0.15) is 64.9 Å². The molecule has 0 fully saturated rings.